The average molecular weight is 238 g/mol. The first-order valence-corrected chi connectivity index (χ1v) is 4.77. The van der Waals surface area contributed by atoms with E-state index in [-0.39, 0.29) is 11.6 Å². The van der Waals surface area contributed by atoms with Crippen molar-refractivity contribution in [3.8, 4) is 0 Å². The van der Waals surface area contributed by atoms with Crippen molar-refractivity contribution >= 4 is 28.9 Å². The number of nitrogens with zero attached hydrogens (tertiary/aromatic N) is 2. The maximum Gasteiger partial charge on any atom is 0.277 e. The fourth-order valence-corrected chi connectivity index (χ4v) is 1.37. The zero-order chi connectivity index (χ0) is 11.5. The number of carbonyl (C=O) groups is 1. The van der Waals surface area contributed by atoms with Crippen molar-refractivity contribution in [1.29, 1.82) is 0 Å². The number of nitrogens with two attached hydrogens (primary N) is 1. The van der Waals surface area contributed by atoms with Gasteiger partial charge in [-0.05, 0) is 18.2 Å². The number of nitrogen functional groups attached to an aromatic ring is 1. The molecule has 0 saturated heterocycles. The molecule has 0 aliphatic rings. The molecule has 7 heteroatoms. The molecule has 1 amide bonds. The minimum atomic E-state index is -0.388. The highest BCUT2D eigenvalue weighted by Crippen LogP contribution is 2.24. The lowest BCUT2D eigenvalue weighted by molar-refractivity contribution is 0.102. The summed E-state index contributed by atoms with van der Waals surface area (Å²) in [6, 6.07) is 4.82. The lowest BCUT2D eigenvalue weighted by atomic mass is 10.3. The molecule has 1 aromatic heterocycles. The van der Waals surface area contributed by atoms with Gasteiger partial charge in [-0.1, -0.05) is 11.6 Å². The second kappa shape index (κ2) is 4.19. The minimum absolute atomic E-state index is 0.188. The second-order valence-electron chi connectivity index (χ2n) is 3.05. The quantitative estimate of drug-likeness (QED) is 0.686. The third-order valence-electron chi connectivity index (χ3n) is 1.89. The molecule has 4 N–H and O–H groups in total. The third kappa shape index (κ3) is 2.12. The number of benzene rings is 1. The van der Waals surface area contributed by atoms with Crippen molar-refractivity contribution < 1.29 is 4.79 Å². The van der Waals surface area contributed by atoms with Crippen LogP contribution in [0.3, 0.4) is 0 Å². The van der Waals surface area contributed by atoms with Crippen LogP contribution in [0.15, 0.2) is 24.4 Å². The summed E-state index contributed by atoms with van der Waals surface area (Å²) in [5.41, 5.74) is 6.72. The lowest BCUT2D eigenvalue weighted by Gasteiger charge is -2.05. The predicted molar refractivity (Wildman–Crippen MR) is 60.2 cm³/mol. The number of nitrogens with one attached hydrogen (secondary N) is 2. The molecular formula is C9H8ClN5O. The van der Waals surface area contributed by atoms with Crippen LogP contribution in [0.1, 0.15) is 10.5 Å². The molecule has 0 unspecified atom stereocenters. The first-order valence-electron chi connectivity index (χ1n) is 4.39. The zero-order valence-electron chi connectivity index (χ0n) is 8.07. The number of hydrogen-bond acceptors (Lipinski definition) is 4. The molecule has 1 heterocycles. The maximum absolute atomic E-state index is 11.6. The summed E-state index contributed by atoms with van der Waals surface area (Å²) in [5.74, 6) is -0.388. The monoisotopic (exact) mass is 237 g/mol. The molecule has 82 valence electrons. The molecule has 6 nitrogen and oxygen atoms in total. The Bertz CT molecular complexity index is 511. The third-order valence-corrected chi connectivity index (χ3v) is 2.20. The van der Waals surface area contributed by atoms with Crippen LogP contribution in [0, 0.1) is 0 Å². The highest BCUT2D eigenvalue weighted by molar-refractivity contribution is 6.34. The first kappa shape index (κ1) is 10.4. The summed E-state index contributed by atoms with van der Waals surface area (Å²) < 4.78 is 0. The van der Waals surface area contributed by atoms with Crippen molar-refractivity contribution in [3.05, 3.63) is 35.1 Å². The van der Waals surface area contributed by atoms with Gasteiger partial charge in [0.15, 0.2) is 5.69 Å². The molecule has 0 aliphatic carbocycles. The molecular weight excluding hydrogens is 230 g/mol. The van der Waals surface area contributed by atoms with Gasteiger partial charge in [-0.15, -0.1) is 0 Å². The Morgan fingerprint density at radius 3 is 2.94 bits per heavy atom. The molecule has 2 aromatic rings. The zero-order valence-corrected chi connectivity index (χ0v) is 8.82. The fourth-order valence-electron chi connectivity index (χ4n) is 1.13. The van der Waals surface area contributed by atoms with E-state index >= 15 is 0 Å². The average Bonchev–Trinajstić information content (AvgIpc) is 2.75. The predicted octanol–water partition coefficient (Wildman–Crippen LogP) is 1.29. The Morgan fingerprint density at radius 2 is 2.31 bits per heavy atom. The number of amides is 1. The van der Waals surface area contributed by atoms with Crippen LogP contribution < -0.4 is 11.1 Å². The SMILES string of the molecule is Nc1ccc(NC(=O)c2cn[nH]n2)c(Cl)c1. The highest BCUT2D eigenvalue weighted by Gasteiger charge is 2.10. The molecule has 1 aromatic carbocycles. The molecule has 0 fully saturated rings. The molecule has 0 radical (unpaired) electrons. The van der Waals surface area contributed by atoms with Gasteiger partial charge in [0.2, 0.25) is 0 Å². The minimum Gasteiger partial charge on any atom is -0.399 e. The Labute approximate surface area is 95.8 Å². The molecule has 2 rings (SSSR count). The van der Waals surface area contributed by atoms with Crippen molar-refractivity contribution in [3.63, 3.8) is 0 Å². The molecule has 0 bridgehead atoms. The first-order chi connectivity index (χ1) is 7.66. The van der Waals surface area contributed by atoms with Crippen LogP contribution in [-0.2, 0) is 0 Å². The fraction of sp³-hybridized carbons (Fsp3) is 0. The smallest absolute Gasteiger partial charge is 0.277 e. The van der Waals surface area contributed by atoms with Crippen LogP contribution in [0.5, 0.6) is 0 Å². The van der Waals surface area contributed by atoms with E-state index in [4.69, 9.17) is 17.3 Å². The van der Waals surface area contributed by atoms with Crippen molar-refractivity contribution in [2.45, 2.75) is 0 Å². The van der Waals surface area contributed by atoms with Gasteiger partial charge in [0, 0.05) is 5.69 Å². The van der Waals surface area contributed by atoms with E-state index in [1.807, 2.05) is 0 Å². The van der Waals surface area contributed by atoms with E-state index in [0.29, 0.717) is 16.4 Å². The Hall–Kier alpha value is -2.08. The van der Waals surface area contributed by atoms with E-state index in [1.54, 1.807) is 18.2 Å². The van der Waals surface area contributed by atoms with Gasteiger partial charge in [0.1, 0.15) is 0 Å². The van der Waals surface area contributed by atoms with Gasteiger partial charge < -0.3 is 11.1 Å². The Kier molecular flexibility index (Phi) is 2.74. The number of H-pyrrole nitrogens is 1. The van der Waals surface area contributed by atoms with Crippen LogP contribution in [0.4, 0.5) is 11.4 Å². The van der Waals surface area contributed by atoms with Gasteiger partial charge >= 0.3 is 0 Å². The van der Waals surface area contributed by atoms with E-state index < -0.39 is 0 Å². The van der Waals surface area contributed by atoms with Crippen molar-refractivity contribution in [1.82, 2.24) is 15.4 Å². The maximum atomic E-state index is 11.6. The van der Waals surface area contributed by atoms with Crippen LogP contribution in [0.25, 0.3) is 0 Å². The van der Waals surface area contributed by atoms with E-state index in [9.17, 15) is 4.79 Å². The largest absolute Gasteiger partial charge is 0.399 e. The molecule has 0 spiro atoms. The van der Waals surface area contributed by atoms with Crippen molar-refractivity contribution in [2.75, 3.05) is 11.1 Å². The van der Waals surface area contributed by atoms with Gasteiger partial charge in [-0.3, -0.25) is 4.79 Å². The second-order valence-corrected chi connectivity index (χ2v) is 3.46. The summed E-state index contributed by atoms with van der Waals surface area (Å²) in [7, 11) is 0. The number of halogens is 1. The van der Waals surface area contributed by atoms with Gasteiger partial charge in [-0.25, -0.2) is 0 Å². The van der Waals surface area contributed by atoms with Crippen LogP contribution in [0.2, 0.25) is 5.02 Å². The van der Waals surface area contributed by atoms with E-state index in [0.717, 1.165) is 0 Å². The number of aromatic nitrogens is 3. The summed E-state index contributed by atoms with van der Waals surface area (Å²) in [6.45, 7) is 0. The summed E-state index contributed by atoms with van der Waals surface area (Å²) in [6.07, 6.45) is 1.32. The van der Waals surface area contributed by atoms with Crippen molar-refractivity contribution in [2.24, 2.45) is 0 Å². The normalized spacial score (nSPS) is 10.1. The molecule has 0 aliphatic heterocycles. The topological polar surface area (TPSA) is 96.7 Å². The van der Waals surface area contributed by atoms with E-state index in [1.165, 1.54) is 6.20 Å². The summed E-state index contributed by atoms with van der Waals surface area (Å²) in [4.78, 5) is 11.6. The molecule has 16 heavy (non-hydrogen) atoms. The highest BCUT2D eigenvalue weighted by atomic mass is 35.5. The molecule has 0 saturated carbocycles. The van der Waals surface area contributed by atoms with Gasteiger partial charge in [0.25, 0.3) is 5.91 Å². The Morgan fingerprint density at radius 1 is 1.50 bits per heavy atom. The molecule has 0 atom stereocenters. The summed E-state index contributed by atoms with van der Waals surface area (Å²) in [5, 5.41) is 12.5. The van der Waals surface area contributed by atoms with E-state index in [2.05, 4.69) is 20.7 Å². The number of aromatic amines is 1. The van der Waals surface area contributed by atoms with Gasteiger partial charge in [0.05, 0.1) is 16.9 Å². The number of hydrogen-bond donors (Lipinski definition) is 3. The van der Waals surface area contributed by atoms with Crippen LogP contribution >= 0.6 is 11.6 Å². The number of rotatable bonds is 2. The number of anilines is 2. The Balaban J connectivity index is 2.18. The lowest BCUT2D eigenvalue weighted by Crippen LogP contribution is -2.12. The van der Waals surface area contributed by atoms with Gasteiger partial charge in [-0.2, -0.15) is 15.4 Å². The standard InChI is InChI=1S/C9H8ClN5O/c10-6-3-5(11)1-2-7(6)13-9(16)8-4-12-15-14-8/h1-4H,11H2,(H,13,16)(H,12,14,15). The number of carbonyl (C=O) groups excluding carboxylic acids is 1. The summed E-state index contributed by atoms with van der Waals surface area (Å²) >= 11 is 5.90. The van der Waals surface area contributed by atoms with Crippen LogP contribution in [-0.4, -0.2) is 21.3 Å².